The molecule has 0 unspecified atom stereocenters. The Labute approximate surface area is 170 Å². The lowest BCUT2D eigenvalue weighted by Crippen LogP contribution is -2.16. The molecule has 0 bridgehead atoms. The molecule has 4 rings (SSSR count). The number of nitrogens with zero attached hydrogens (tertiary/aromatic N) is 4. The number of anilines is 2. The monoisotopic (exact) mass is 419 g/mol. The lowest BCUT2D eigenvalue weighted by molar-refractivity contribution is -0.113. The molecule has 0 saturated carbocycles. The van der Waals surface area contributed by atoms with Gasteiger partial charge < -0.3 is 10.2 Å². The maximum Gasteiger partial charge on any atom is 0.234 e. The van der Waals surface area contributed by atoms with Crippen molar-refractivity contribution >= 4 is 61.8 Å². The fourth-order valence-electron chi connectivity index (χ4n) is 2.91. The van der Waals surface area contributed by atoms with Crippen LogP contribution < -0.4 is 10.2 Å². The molecule has 9 heteroatoms. The Morgan fingerprint density at radius 1 is 1.33 bits per heavy atom. The summed E-state index contributed by atoms with van der Waals surface area (Å²) in [5.74, 6) is 0.120. The Morgan fingerprint density at radius 2 is 2.15 bits per heavy atom. The molecule has 1 aliphatic rings. The minimum atomic E-state index is -0.123. The van der Waals surface area contributed by atoms with Gasteiger partial charge in [-0.15, -0.1) is 0 Å². The molecule has 140 valence electrons. The number of aromatic nitrogens is 3. The molecule has 3 heterocycles. The number of carbonyl (C=O) groups is 1. The summed E-state index contributed by atoms with van der Waals surface area (Å²) in [5.41, 5.74) is 2.37. The van der Waals surface area contributed by atoms with E-state index in [4.69, 9.17) is 11.6 Å². The molecule has 1 saturated heterocycles. The van der Waals surface area contributed by atoms with Gasteiger partial charge in [0.2, 0.25) is 5.91 Å². The molecule has 0 aliphatic carbocycles. The number of thioether (sulfide) groups is 1. The predicted molar refractivity (Wildman–Crippen MR) is 112 cm³/mol. The molecule has 1 amide bonds. The highest BCUT2D eigenvalue weighted by Gasteiger charge is 2.19. The van der Waals surface area contributed by atoms with Gasteiger partial charge in [-0.25, -0.2) is 9.97 Å². The van der Waals surface area contributed by atoms with E-state index >= 15 is 0 Å². The van der Waals surface area contributed by atoms with Gasteiger partial charge in [0, 0.05) is 13.1 Å². The molecule has 27 heavy (non-hydrogen) atoms. The number of carbonyl (C=O) groups excluding carboxylic acids is 1. The van der Waals surface area contributed by atoms with Gasteiger partial charge in [-0.1, -0.05) is 40.8 Å². The van der Waals surface area contributed by atoms with E-state index in [0.29, 0.717) is 16.4 Å². The van der Waals surface area contributed by atoms with Crippen molar-refractivity contribution in [1.82, 2.24) is 15.0 Å². The zero-order chi connectivity index (χ0) is 18.8. The molecular formula is C18H18ClN5OS2. The average molecular weight is 420 g/mol. The zero-order valence-electron chi connectivity index (χ0n) is 14.7. The van der Waals surface area contributed by atoms with E-state index in [-0.39, 0.29) is 11.7 Å². The number of aryl methyl sites for hydroxylation is 1. The molecule has 0 spiro atoms. The number of rotatable bonds is 5. The second-order valence-corrected chi connectivity index (χ2v) is 8.69. The van der Waals surface area contributed by atoms with Crippen LogP contribution in [0.2, 0.25) is 5.02 Å². The molecule has 1 aliphatic heterocycles. The van der Waals surface area contributed by atoms with Gasteiger partial charge in [0.25, 0.3) is 0 Å². The number of amides is 1. The molecule has 2 aromatic heterocycles. The van der Waals surface area contributed by atoms with Gasteiger partial charge in [0.05, 0.1) is 16.5 Å². The fraction of sp³-hybridized carbons (Fsp3) is 0.333. The van der Waals surface area contributed by atoms with Crippen LogP contribution in [0.15, 0.2) is 29.6 Å². The SMILES string of the molecule is Cc1ccc(NC(=O)CSc2ncnc3nc(N4CCCC4)sc23)c(Cl)c1. The molecule has 1 N–H and O–H groups in total. The highest BCUT2D eigenvalue weighted by atomic mass is 35.5. The van der Waals surface area contributed by atoms with Crippen LogP contribution in [0.25, 0.3) is 10.3 Å². The maximum absolute atomic E-state index is 12.3. The fourth-order valence-corrected chi connectivity index (χ4v) is 5.13. The Balaban J connectivity index is 1.45. The smallest absolute Gasteiger partial charge is 0.234 e. The Hall–Kier alpha value is -1.90. The molecule has 6 nitrogen and oxygen atoms in total. The van der Waals surface area contributed by atoms with Crippen molar-refractivity contribution in [2.75, 3.05) is 29.1 Å². The number of thiazole rings is 1. The summed E-state index contributed by atoms with van der Waals surface area (Å²) in [6.45, 7) is 4.03. The summed E-state index contributed by atoms with van der Waals surface area (Å²) in [6, 6.07) is 5.56. The number of fused-ring (bicyclic) bond motifs is 1. The second kappa shape index (κ2) is 8.00. The Morgan fingerprint density at radius 3 is 2.93 bits per heavy atom. The first-order chi connectivity index (χ1) is 13.1. The largest absolute Gasteiger partial charge is 0.348 e. The normalized spacial score (nSPS) is 14.1. The summed E-state index contributed by atoms with van der Waals surface area (Å²) >= 11 is 9.17. The number of halogens is 1. The van der Waals surface area contributed by atoms with E-state index in [1.54, 1.807) is 11.3 Å². The lowest BCUT2D eigenvalue weighted by atomic mass is 10.2. The van der Waals surface area contributed by atoms with Gasteiger partial charge in [0.15, 0.2) is 10.8 Å². The zero-order valence-corrected chi connectivity index (χ0v) is 17.1. The lowest BCUT2D eigenvalue weighted by Gasteiger charge is -2.11. The van der Waals surface area contributed by atoms with Gasteiger partial charge in [-0.2, -0.15) is 4.98 Å². The second-order valence-electron chi connectivity index (χ2n) is 6.34. The first-order valence-electron chi connectivity index (χ1n) is 8.65. The molecule has 1 aromatic carbocycles. The van der Waals surface area contributed by atoms with Gasteiger partial charge >= 0.3 is 0 Å². The van der Waals surface area contributed by atoms with Crippen LogP contribution in [-0.2, 0) is 4.79 Å². The van der Waals surface area contributed by atoms with E-state index in [0.717, 1.165) is 33.5 Å². The van der Waals surface area contributed by atoms with Crippen molar-refractivity contribution < 1.29 is 4.79 Å². The van der Waals surface area contributed by atoms with Crippen LogP contribution in [0.1, 0.15) is 18.4 Å². The van der Waals surface area contributed by atoms with E-state index in [2.05, 4.69) is 25.2 Å². The van der Waals surface area contributed by atoms with Crippen molar-refractivity contribution in [2.45, 2.75) is 24.8 Å². The van der Waals surface area contributed by atoms with Gasteiger partial charge in [-0.05, 0) is 37.5 Å². The van der Waals surface area contributed by atoms with Crippen LogP contribution >= 0.6 is 34.7 Å². The topological polar surface area (TPSA) is 71.0 Å². The van der Waals surface area contributed by atoms with Crippen molar-refractivity contribution in [3.63, 3.8) is 0 Å². The Bertz CT molecular complexity index is 987. The molecule has 0 atom stereocenters. The standard InChI is InChI=1S/C18H18ClN5OS2/c1-11-4-5-13(12(19)8-11)22-14(25)9-26-17-15-16(20-10-21-17)23-18(27-15)24-6-2-3-7-24/h4-5,8,10H,2-3,6-7,9H2,1H3,(H,22,25). The molecule has 3 aromatic rings. The van der Waals surface area contributed by atoms with Crippen LogP contribution in [0.4, 0.5) is 10.8 Å². The van der Waals surface area contributed by atoms with Gasteiger partial charge in [0.1, 0.15) is 16.1 Å². The predicted octanol–water partition coefficient (Wildman–Crippen LogP) is 4.38. The van der Waals surface area contributed by atoms with Crippen LogP contribution in [0, 0.1) is 6.92 Å². The summed E-state index contributed by atoms with van der Waals surface area (Å²) < 4.78 is 0.936. The number of hydrogen-bond donors (Lipinski definition) is 1. The van der Waals surface area contributed by atoms with E-state index in [1.807, 2.05) is 25.1 Å². The highest BCUT2D eigenvalue weighted by molar-refractivity contribution is 8.00. The molecule has 1 fully saturated rings. The van der Waals surface area contributed by atoms with Crippen molar-refractivity contribution in [2.24, 2.45) is 0 Å². The average Bonchev–Trinajstić information content (AvgIpc) is 3.31. The van der Waals surface area contributed by atoms with E-state index in [9.17, 15) is 4.79 Å². The summed E-state index contributed by atoms with van der Waals surface area (Å²) in [7, 11) is 0. The number of hydrogen-bond acceptors (Lipinski definition) is 7. The molecule has 0 radical (unpaired) electrons. The van der Waals surface area contributed by atoms with Crippen LogP contribution in [0.5, 0.6) is 0 Å². The third-order valence-corrected chi connectivity index (χ3v) is 6.81. The van der Waals surface area contributed by atoms with Crippen LogP contribution in [0.3, 0.4) is 0 Å². The first-order valence-corrected chi connectivity index (χ1v) is 10.8. The summed E-state index contributed by atoms with van der Waals surface area (Å²) in [5, 5.41) is 5.16. The van der Waals surface area contributed by atoms with Crippen molar-refractivity contribution in [3.05, 3.63) is 35.1 Å². The Kier molecular flexibility index (Phi) is 5.47. The quantitative estimate of drug-likeness (QED) is 0.488. The van der Waals surface area contributed by atoms with E-state index < -0.39 is 0 Å². The maximum atomic E-state index is 12.3. The van der Waals surface area contributed by atoms with E-state index in [1.165, 1.54) is 30.9 Å². The third-order valence-electron chi connectivity index (χ3n) is 4.26. The van der Waals surface area contributed by atoms with Crippen molar-refractivity contribution in [3.8, 4) is 0 Å². The third kappa shape index (κ3) is 4.17. The minimum absolute atomic E-state index is 0.123. The minimum Gasteiger partial charge on any atom is -0.348 e. The number of benzene rings is 1. The van der Waals surface area contributed by atoms with Gasteiger partial charge in [-0.3, -0.25) is 4.79 Å². The highest BCUT2D eigenvalue weighted by Crippen LogP contribution is 2.35. The number of nitrogens with one attached hydrogen (secondary N) is 1. The summed E-state index contributed by atoms with van der Waals surface area (Å²) in [6.07, 6.45) is 3.91. The van der Waals surface area contributed by atoms with Crippen LogP contribution in [-0.4, -0.2) is 39.7 Å². The summed E-state index contributed by atoms with van der Waals surface area (Å²) in [4.78, 5) is 27.9. The van der Waals surface area contributed by atoms with Crippen molar-refractivity contribution in [1.29, 1.82) is 0 Å². The first kappa shape index (κ1) is 18.5. The molecular weight excluding hydrogens is 402 g/mol.